The lowest BCUT2D eigenvalue weighted by Gasteiger charge is -2.33. The van der Waals surface area contributed by atoms with Crippen molar-refractivity contribution in [1.29, 1.82) is 0 Å². The molecule has 1 fully saturated rings. The maximum absolute atomic E-state index is 13.6. The molecule has 0 unspecified atom stereocenters. The minimum atomic E-state index is -3.77. The monoisotopic (exact) mass is 623 g/mol. The highest BCUT2D eigenvalue weighted by atomic mass is 32.2. The van der Waals surface area contributed by atoms with Gasteiger partial charge < -0.3 is 9.72 Å². The molecule has 40 heavy (non-hydrogen) atoms. The predicted octanol–water partition coefficient (Wildman–Crippen LogP) is 4.05. The number of hydrogen-bond acceptors (Lipinski definition) is 9. The van der Waals surface area contributed by atoms with E-state index in [1.165, 1.54) is 15.6 Å². The van der Waals surface area contributed by atoms with Gasteiger partial charge in [0, 0.05) is 55.8 Å². The zero-order chi connectivity index (χ0) is 28.3. The topological polar surface area (TPSA) is 116 Å². The first-order valence-corrected chi connectivity index (χ1v) is 17.9. The van der Waals surface area contributed by atoms with Crippen LogP contribution in [0.25, 0.3) is 21.6 Å². The average Bonchev–Trinajstić information content (AvgIpc) is 3.72. The first kappa shape index (κ1) is 29.2. The summed E-state index contributed by atoms with van der Waals surface area (Å²) in [6.07, 6.45) is 1.86. The Hall–Kier alpha value is -2.33. The predicted molar refractivity (Wildman–Crippen MR) is 161 cm³/mol. The number of thiazole rings is 1. The number of ether oxygens (including phenoxy) is 1. The van der Waals surface area contributed by atoms with Crippen molar-refractivity contribution in [2.24, 2.45) is 0 Å². The average molecular weight is 624 g/mol. The van der Waals surface area contributed by atoms with Crippen LogP contribution in [0.5, 0.6) is 0 Å². The normalized spacial score (nSPS) is 15.7. The molecule has 216 valence electrons. The second-order valence-electron chi connectivity index (χ2n) is 9.34. The van der Waals surface area contributed by atoms with Crippen molar-refractivity contribution in [3.63, 3.8) is 0 Å². The molecule has 1 aliphatic heterocycles. The molecule has 1 N–H and O–H groups in total. The summed E-state index contributed by atoms with van der Waals surface area (Å²) in [5.74, 6) is 0.127. The van der Waals surface area contributed by atoms with E-state index in [1.807, 2.05) is 37.4 Å². The molecular weight excluding hydrogens is 591 g/mol. The summed E-state index contributed by atoms with van der Waals surface area (Å²) in [7, 11) is -6.93. The molecule has 0 aliphatic carbocycles. The van der Waals surface area contributed by atoms with Crippen LogP contribution in [-0.4, -0.2) is 87.7 Å². The third kappa shape index (κ3) is 6.12. The lowest BCUT2D eigenvalue weighted by atomic mass is 10.2. The van der Waals surface area contributed by atoms with Gasteiger partial charge in [0.15, 0.2) is 0 Å². The Morgan fingerprint density at radius 1 is 1.07 bits per heavy atom. The molecule has 0 bridgehead atoms. The van der Waals surface area contributed by atoms with Crippen LogP contribution in [0.4, 0.5) is 5.69 Å². The third-order valence-corrected chi connectivity index (χ3v) is 12.9. The van der Waals surface area contributed by atoms with Crippen molar-refractivity contribution in [1.82, 2.24) is 19.2 Å². The van der Waals surface area contributed by atoms with Gasteiger partial charge in [-0.1, -0.05) is 18.2 Å². The van der Waals surface area contributed by atoms with Crippen molar-refractivity contribution in [2.45, 2.75) is 24.6 Å². The van der Waals surface area contributed by atoms with Gasteiger partial charge in [0.1, 0.15) is 9.22 Å². The minimum absolute atomic E-state index is 0.127. The van der Waals surface area contributed by atoms with Crippen LogP contribution in [0.15, 0.2) is 52.2 Å². The Kier molecular flexibility index (Phi) is 8.95. The second-order valence-corrected chi connectivity index (χ2v) is 15.7. The highest BCUT2D eigenvalue weighted by Crippen LogP contribution is 2.35. The number of fused-ring (bicyclic) bond motifs is 1. The lowest BCUT2D eigenvalue weighted by Crippen LogP contribution is -2.48. The Morgan fingerprint density at radius 2 is 1.88 bits per heavy atom. The molecule has 0 atom stereocenters. The number of nitrogens with one attached hydrogen (secondary N) is 1. The number of rotatable bonds is 12. The van der Waals surface area contributed by atoms with Gasteiger partial charge in [-0.3, -0.25) is 9.21 Å². The maximum Gasteiger partial charge on any atom is 0.273 e. The SMILES string of the molecule is CCOCCN(c1cccc2cc(-c3ncc(CN4CCN(S(=O)(=O)CC)CC4)s3)[nH]c12)S(=O)(=O)c1cccs1. The molecule has 0 spiro atoms. The summed E-state index contributed by atoms with van der Waals surface area (Å²) in [6, 6.07) is 11.0. The second kappa shape index (κ2) is 12.3. The Morgan fingerprint density at radius 3 is 2.58 bits per heavy atom. The number of aromatic amines is 1. The molecule has 0 amide bonds. The zero-order valence-electron chi connectivity index (χ0n) is 22.4. The molecule has 4 heterocycles. The van der Waals surface area contributed by atoms with Crippen molar-refractivity contribution in [2.75, 3.05) is 56.0 Å². The molecule has 1 aliphatic rings. The van der Waals surface area contributed by atoms with Gasteiger partial charge in [0.05, 0.1) is 35.8 Å². The third-order valence-electron chi connectivity index (χ3n) is 6.84. The number of anilines is 1. The van der Waals surface area contributed by atoms with Crippen LogP contribution in [-0.2, 0) is 31.3 Å². The molecule has 3 aromatic heterocycles. The van der Waals surface area contributed by atoms with Gasteiger partial charge in [-0.15, -0.1) is 22.7 Å². The summed E-state index contributed by atoms with van der Waals surface area (Å²) in [6.45, 7) is 7.59. The smallest absolute Gasteiger partial charge is 0.273 e. The van der Waals surface area contributed by atoms with Crippen LogP contribution in [0.3, 0.4) is 0 Å². The molecule has 14 heteroatoms. The van der Waals surface area contributed by atoms with Crippen molar-refractivity contribution < 1.29 is 21.6 Å². The van der Waals surface area contributed by atoms with E-state index in [4.69, 9.17) is 4.74 Å². The molecule has 4 aromatic rings. The van der Waals surface area contributed by atoms with E-state index in [-0.39, 0.29) is 23.1 Å². The first-order chi connectivity index (χ1) is 19.2. The molecule has 1 aromatic carbocycles. The minimum Gasteiger partial charge on any atom is -0.380 e. The first-order valence-electron chi connectivity index (χ1n) is 13.1. The highest BCUT2D eigenvalue weighted by molar-refractivity contribution is 7.94. The number of para-hydroxylation sites is 1. The number of nitrogens with zero attached hydrogens (tertiary/aromatic N) is 4. The van der Waals surface area contributed by atoms with Crippen LogP contribution >= 0.6 is 22.7 Å². The molecule has 0 radical (unpaired) electrons. The largest absolute Gasteiger partial charge is 0.380 e. The van der Waals surface area contributed by atoms with Crippen molar-refractivity contribution in [3.05, 3.63) is 52.9 Å². The summed E-state index contributed by atoms with van der Waals surface area (Å²) >= 11 is 2.77. The number of sulfonamides is 2. The standard InChI is InChI=1S/C26H33N5O5S4/c1-3-36-15-14-31(40(34,35)24-9-6-16-37-24)23-8-5-7-20-17-22(28-25(20)23)26-27-18-21(38-26)19-29-10-12-30(13-11-29)39(32,33)4-2/h5-9,16-18,28H,3-4,10-15,19H2,1-2H3. The number of hydrogen-bond donors (Lipinski definition) is 1. The number of benzene rings is 1. The molecular formula is C26H33N5O5S4. The molecule has 1 saturated heterocycles. The fraction of sp³-hybridized carbons (Fsp3) is 0.423. The Balaban J connectivity index is 1.37. The van der Waals surface area contributed by atoms with E-state index in [9.17, 15) is 16.8 Å². The van der Waals surface area contributed by atoms with Crippen molar-refractivity contribution >= 4 is 59.3 Å². The van der Waals surface area contributed by atoms with Crippen LogP contribution < -0.4 is 4.31 Å². The quantitative estimate of drug-likeness (QED) is 0.237. The van der Waals surface area contributed by atoms with E-state index in [1.54, 1.807) is 40.1 Å². The Bertz CT molecular complexity index is 1640. The summed E-state index contributed by atoms with van der Waals surface area (Å²) in [5, 5.41) is 3.46. The van der Waals surface area contributed by atoms with Crippen molar-refractivity contribution in [3.8, 4) is 10.7 Å². The van der Waals surface area contributed by atoms with Gasteiger partial charge >= 0.3 is 0 Å². The Labute approximate surface area is 243 Å². The maximum atomic E-state index is 13.6. The fourth-order valence-corrected chi connectivity index (χ4v) is 9.29. The summed E-state index contributed by atoms with van der Waals surface area (Å²) in [4.78, 5) is 11.4. The van der Waals surface area contributed by atoms with Crippen LogP contribution in [0, 0.1) is 0 Å². The van der Waals surface area contributed by atoms with E-state index < -0.39 is 20.0 Å². The molecule has 10 nitrogen and oxygen atoms in total. The molecule has 5 rings (SSSR count). The van der Waals surface area contributed by atoms with Crippen LogP contribution in [0.1, 0.15) is 18.7 Å². The van der Waals surface area contributed by atoms with Crippen LogP contribution in [0.2, 0.25) is 0 Å². The van der Waals surface area contributed by atoms with Gasteiger partial charge in [0.2, 0.25) is 10.0 Å². The number of aromatic nitrogens is 2. The van der Waals surface area contributed by atoms with Gasteiger partial charge in [-0.2, -0.15) is 4.31 Å². The van der Waals surface area contributed by atoms with E-state index >= 15 is 0 Å². The number of H-pyrrole nitrogens is 1. The van der Waals surface area contributed by atoms with Gasteiger partial charge in [-0.25, -0.2) is 21.8 Å². The molecule has 0 saturated carbocycles. The number of thiophene rings is 1. The van der Waals surface area contributed by atoms with Gasteiger partial charge in [-0.05, 0) is 37.4 Å². The fourth-order valence-electron chi connectivity index (χ4n) is 4.72. The number of piperazine rings is 1. The summed E-state index contributed by atoms with van der Waals surface area (Å²) in [5.41, 5.74) is 2.10. The highest BCUT2D eigenvalue weighted by Gasteiger charge is 2.28. The summed E-state index contributed by atoms with van der Waals surface area (Å²) < 4.78 is 60.3. The van der Waals surface area contributed by atoms with E-state index in [0.717, 1.165) is 26.5 Å². The lowest BCUT2D eigenvalue weighted by molar-refractivity contribution is 0.156. The zero-order valence-corrected chi connectivity index (χ0v) is 25.7. The van der Waals surface area contributed by atoms with Gasteiger partial charge in [0.25, 0.3) is 10.0 Å². The van der Waals surface area contributed by atoms with E-state index in [2.05, 4.69) is 14.9 Å². The van der Waals surface area contributed by atoms with E-state index in [0.29, 0.717) is 45.0 Å².